The SMILES string of the molecule is COc1ccccc1CCNC(=O)c1cnn2c1OCCC2. The molecule has 0 saturated heterocycles. The fourth-order valence-corrected chi connectivity index (χ4v) is 2.54. The van der Waals surface area contributed by atoms with Gasteiger partial charge in [0.05, 0.1) is 19.9 Å². The summed E-state index contributed by atoms with van der Waals surface area (Å²) in [5, 5.41) is 7.09. The Hall–Kier alpha value is -2.50. The van der Waals surface area contributed by atoms with Gasteiger partial charge in [-0.3, -0.25) is 4.79 Å². The number of nitrogens with zero attached hydrogens (tertiary/aromatic N) is 2. The Morgan fingerprint density at radius 2 is 2.32 bits per heavy atom. The van der Waals surface area contributed by atoms with Gasteiger partial charge in [0.15, 0.2) is 0 Å². The number of hydrogen-bond acceptors (Lipinski definition) is 4. The van der Waals surface area contributed by atoms with Crippen molar-refractivity contribution in [3.8, 4) is 11.6 Å². The smallest absolute Gasteiger partial charge is 0.258 e. The fraction of sp³-hybridized carbons (Fsp3) is 0.375. The lowest BCUT2D eigenvalue weighted by atomic mass is 10.1. The summed E-state index contributed by atoms with van der Waals surface area (Å²) in [6.07, 6.45) is 3.20. The normalized spacial score (nSPS) is 13.1. The number of ether oxygens (including phenoxy) is 2. The summed E-state index contributed by atoms with van der Waals surface area (Å²) in [5.74, 6) is 1.25. The van der Waals surface area contributed by atoms with E-state index in [9.17, 15) is 4.79 Å². The van der Waals surface area contributed by atoms with Crippen LogP contribution in [0.4, 0.5) is 0 Å². The molecule has 2 aromatic rings. The van der Waals surface area contributed by atoms with E-state index in [-0.39, 0.29) is 5.91 Å². The summed E-state index contributed by atoms with van der Waals surface area (Å²) in [5.41, 5.74) is 1.57. The highest BCUT2D eigenvalue weighted by molar-refractivity contribution is 5.96. The van der Waals surface area contributed by atoms with Gasteiger partial charge < -0.3 is 14.8 Å². The fourth-order valence-electron chi connectivity index (χ4n) is 2.54. The number of fused-ring (bicyclic) bond motifs is 1. The summed E-state index contributed by atoms with van der Waals surface area (Å²) in [6, 6.07) is 7.80. The van der Waals surface area contributed by atoms with Crippen LogP contribution in [0.1, 0.15) is 22.3 Å². The zero-order chi connectivity index (χ0) is 15.4. The van der Waals surface area contributed by atoms with E-state index in [0.717, 1.165) is 24.3 Å². The van der Waals surface area contributed by atoms with E-state index in [4.69, 9.17) is 9.47 Å². The quantitative estimate of drug-likeness (QED) is 0.912. The highest BCUT2D eigenvalue weighted by Gasteiger charge is 2.21. The van der Waals surface area contributed by atoms with Crippen molar-refractivity contribution in [2.75, 3.05) is 20.3 Å². The van der Waals surface area contributed by atoms with Gasteiger partial charge in [-0.25, -0.2) is 4.68 Å². The third-order valence-corrected chi connectivity index (χ3v) is 3.66. The lowest BCUT2D eigenvalue weighted by Gasteiger charge is -2.16. The van der Waals surface area contributed by atoms with Gasteiger partial charge in [-0.1, -0.05) is 18.2 Å². The van der Waals surface area contributed by atoms with Crippen LogP contribution < -0.4 is 14.8 Å². The minimum absolute atomic E-state index is 0.155. The van der Waals surface area contributed by atoms with Gasteiger partial charge in [-0.15, -0.1) is 0 Å². The third kappa shape index (κ3) is 2.90. The number of carbonyl (C=O) groups excluding carboxylic acids is 1. The van der Waals surface area contributed by atoms with Gasteiger partial charge in [0, 0.05) is 19.5 Å². The number of aromatic nitrogens is 2. The number of benzene rings is 1. The van der Waals surface area contributed by atoms with Crippen LogP contribution in [-0.2, 0) is 13.0 Å². The molecule has 2 heterocycles. The van der Waals surface area contributed by atoms with Crippen LogP contribution in [0.5, 0.6) is 11.6 Å². The molecule has 1 aromatic carbocycles. The van der Waals surface area contributed by atoms with E-state index in [1.165, 1.54) is 0 Å². The summed E-state index contributed by atoms with van der Waals surface area (Å²) < 4.78 is 12.6. The molecule has 3 rings (SSSR count). The molecule has 22 heavy (non-hydrogen) atoms. The average molecular weight is 301 g/mol. The Labute approximate surface area is 129 Å². The van der Waals surface area contributed by atoms with E-state index < -0.39 is 0 Å². The Morgan fingerprint density at radius 1 is 1.45 bits per heavy atom. The Morgan fingerprint density at radius 3 is 3.18 bits per heavy atom. The zero-order valence-electron chi connectivity index (χ0n) is 12.5. The van der Waals surface area contributed by atoms with Crippen LogP contribution >= 0.6 is 0 Å². The second-order valence-corrected chi connectivity index (χ2v) is 5.11. The van der Waals surface area contributed by atoms with Crippen LogP contribution in [0, 0.1) is 0 Å². The van der Waals surface area contributed by atoms with Crippen LogP contribution in [0.15, 0.2) is 30.5 Å². The van der Waals surface area contributed by atoms with Gasteiger partial charge in [0.1, 0.15) is 11.3 Å². The number of carbonyl (C=O) groups is 1. The number of amides is 1. The Bertz CT molecular complexity index is 666. The predicted octanol–water partition coefficient (Wildman–Crippen LogP) is 1.65. The van der Waals surface area contributed by atoms with Crippen LogP contribution in [0.3, 0.4) is 0 Å². The first-order valence-corrected chi connectivity index (χ1v) is 7.38. The van der Waals surface area contributed by atoms with Crippen molar-refractivity contribution in [1.29, 1.82) is 0 Å². The van der Waals surface area contributed by atoms with Crippen molar-refractivity contribution in [2.24, 2.45) is 0 Å². The average Bonchev–Trinajstić information content (AvgIpc) is 2.99. The molecule has 1 N–H and O–H groups in total. The molecule has 6 heteroatoms. The highest BCUT2D eigenvalue weighted by atomic mass is 16.5. The van der Waals surface area contributed by atoms with E-state index in [0.29, 0.717) is 31.0 Å². The summed E-state index contributed by atoms with van der Waals surface area (Å²) >= 11 is 0. The second kappa shape index (κ2) is 6.51. The number of aryl methyl sites for hydroxylation is 1. The van der Waals surface area contributed by atoms with E-state index >= 15 is 0 Å². The molecule has 116 valence electrons. The number of rotatable bonds is 5. The highest BCUT2D eigenvalue weighted by Crippen LogP contribution is 2.22. The second-order valence-electron chi connectivity index (χ2n) is 5.11. The number of hydrogen-bond donors (Lipinski definition) is 1. The molecular formula is C16H19N3O3. The number of nitrogens with one attached hydrogen (secondary N) is 1. The Balaban J connectivity index is 1.60. The first-order valence-electron chi connectivity index (χ1n) is 7.38. The summed E-state index contributed by atoms with van der Waals surface area (Å²) in [7, 11) is 1.65. The van der Waals surface area contributed by atoms with Crippen LogP contribution in [0.25, 0.3) is 0 Å². The summed E-state index contributed by atoms with van der Waals surface area (Å²) in [6.45, 7) is 1.96. The predicted molar refractivity (Wildman–Crippen MR) is 81.4 cm³/mol. The molecule has 1 aliphatic heterocycles. The molecule has 0 aliphatic carbocycles. The van der Waals surface area contributed by atoms with Gasteiger partial charge in [-0.05, 0) is 18.1 Å². The molecule has 0 spiro atoms. The molecule has 1 aliphatic rings. The van der Waals surface area contributed by atoms with Crippen molar-refractivity contribution in [3.63, 3.8) is 0 Å². The molecular weight excluding hydrogens is 282 g/mol. The maximum absolute atomic E-state index is 12.2. The summed E-state index contributed by atoms with van der Waals surface area (Å²) in [4.78, 5) is 12.2. The first-order chi connectivity index (χ1) is 10.8. The van der Waals surface area contributed by atoms with Crippen LogP contribution in [-0.4, -0.2) is 35.9 Å². The van der Waals surface area contributed by atoms with Gasteiger partial charge in [0.25, 0.3) is 5.91 Å². The van der Waals surface area contributed by atoms with E-state index in [2.05, 4.69) is 10.4 Å². The van der Waals surface area contributed by atoms with Crippen molar-refractivity contribution in [3.05, 3.63) is 41.6 Å². The number of para-hydroxylation sites is 1. The minimum Gasteiger partial charge on any atom is -0.496 e. The largest absolute Gasteiger partial charge is 0.496 e. The molecule has 6 nitrogen and oxygen atoms in total. The molecule has 0 atom stereocenters. The van der Waals surface area contributed by atoms with E-state index in [1.54, 1.807) is 18.0 Å². The molecule has 1 amide bonds. The lowest BCUT2D eigenvalue weighted by molar-refractivity contribution is 0.0947. The maximum Gasteiger partial charge on any atom is 0.258 e. The monoisotopic (exact) mass is 301 g/mol. The first kappa shape index (κ1) is 14.4. The minimum atomic E-state index is -0.155. The zero-order valence-corrected chi connectivity index (χ0v) is 12.5. The topological polar surface area (TPSA) is 65.4 Å². The van der Waals surface area contributed by atoms with Gasteiger partial charge >= 0.3 is 0 Å². The van der Waals surface area contributed by atoms with Crippen molar-refractivity contribution < 1.29 is 14.3 Å². The lowest BCUT2D eigenvalue weighted by Crippen LogP contribution is -2.26. The van der Waals surface area contributed by atoms with Gasteiger partial charge in [-0.2, -0.15) is 5.10 Å². The van der Waals surface area contributed by atoms with Crippen molar-refractivity contribution in [1.82, 2.24) is 15.1 Å². The standard InChI is InChI=1S/C16H19N3O3/c1-21-14-6-3-2-5-12(14)7-8-17-15(20)13-11-18-19-9-4-10-22-16(13)19/h2-3,5-6,11H,4,7-10H2,1H3,(H,17,20). The van der Waals surface area contributed by atoms with Crippen molar-refractivity contribution >= 4 is 5.91 Å². The van der Waals surface area contributed by atoms with Crippen LogP contribution in [0.2, 0.25) is 0 Å². The molecule has 0 bridgehead atoms. The molecule has 0 saturated carbocycles. The van der Waals surface area contributed by atoms with E-state index in [1.807, 2.05) is 24.3 Å². The third-order valence-electron chi connectivity index (χ3n) is 3.66. The Kier molecular flexibility index (Phi) is 4.27. The van der Waals surface area contributed by atoms with Gasteiger partial charge in [0.2, 0.25) is 5.88 Å². The molecule has 1 aromatic heterocycles. The number of methoxy groups -OCH3 is 1. The molecule has 0 unspecified atom stereocenters. The van der Waals surface area contributed by atoms with Crippen molar-refractivity contribution in [2.45, 2.75) is 19.4 Å². The molecule has 0 radical (unpaired) electrons. The maximum atomic E-state index is 12.2. The molecule has 0 fully saturated rings.